The van der Waals surface area contributed by atoms with Gasteiger partial charge in [-0.25, -0.2) is 4.39 Å². The zero-order valence-corrected chi connectivity index (χ0v) is 14.0. The van der Waals surface area contributed by atoms with Crippen LogP contribution in [0.3, 0.4) is 0 Å². The van der Waals surface area contributed by atoms with Crippen LogP contribution in [0.5, 0.6) is 0 Å². The first-order chi connectivity index (χ1) is 10.9. The Kier molecular flexibility index (Phi) is 5.37. The zero-order valence-electron chi connectivity index (χ0n) is 14.0. The van der Waals surface area contributed by atoms with E-state index in [4.69, 9.17) is 0 Å². The highest BCUT2D eigenvalue weighted by atomic mass is 19.1. The minimum atomic E-state index is -0.318. The van der Waals surface area contributed by atoms with Crippen molar-refractivity contribution in [2.75, 3.05) is 11.9 Å². The van der Waals surface area contributed by atoms with Crippen LogP contribution in [0.4, 0.5) is 10.1 Å². The molecular weight excluding hydrogens is 291 g/mol. The SMILES string of the molecule is Cc1ccc(C(C)NC(=O)CNc2cc(F)ccc2C)cc1C. The zero-order chi connectivity index (χ0) is 17.0. The maximum Gasteiger partial charge on any atom is 0.239 e. The van der Waals surface area contributed by atoms with Crippen LogP contribution in [0.1, 0.15) is 35.2 Å². The molecule has 0 saturated carbocycles. The van der Waals surface area contributed by atoms with Gasteiger partial charge in [-0.2, -0.15) is 0 Å². The summed E-state index contributed by atoms with van der Waals surface area (Å²) in [4.78, 5) is 12.1. The summed E-state index contributed by atoms with van der Waals surface area (Å²) >= 11 is 0. The first kappa shape index (κ1) is 17.0. The quantitative estimate of drug-likeness (QED) is 0.874. The number of benzene rings is 2. The Morgan fingerprint density at radius 3 is 2.43 bits per heavy atom. The lowest BCUT2D eigenvalue weighted by atomic mass is 10.0. The van der Waals surface area contributed by atoms with E-state index in [0.29, 0.717) is 5.69 Å². The highest BCUT2D eigenvalue weighted by Crippen LogP contribution is 2.17. The van der Waals surface area contributed by atoms with Crippen LogP contribution >= 0.6 is 0 Å². The maximum atomic E-state index is 13.2. The molecule has 1 unspecified atom stereocenters. The number of amides is 1. The first-order valence-corrected chi connectivity index (χ1v) is 7.73. The van der Waals surface area contributed by atoms with Gasteiger partial charge in [-0.15, -0.1) is 0 Å². The van der Waals surface area contributed by atoms with Crippen LogP contribution in [0, 0.1) is 26.6 Å². The molecule has 0 spiro atoms. The minimum Gasteiger partial charge on any atom is -0.376 e. The lowest BCUT2D eigenvalue weighted by molar-refractivity contribution is -0.120. The Hall–Kier alpha value is -2.36. The van der Waals surface area contributed by atoms with Gasteiger partial charge in [0.05, 0.1) is 12.6 Å². The Labute approximate surface area is 136 Å². The van der Waals surface area contributed by atoms with Crippen LogP contribution in [0.25, 0.3) is 0 Å². The number of carbonyl (C=O) groups is 1. The number of anilines is 1. The number of rotatable bonds is 5. The van der Waals surface area contributed by atoms with Crippen molar-refractivity contribution in [2.24, 2.45) is 0 Å². The minimum absolute atomic E-state index is 0.0720. The molecule has 0 fully saturated rings. The summed E-state index contributed by atoms with van der Waals surface area (Å²) in [6, 6.07) is 10.6. The van der Waals surface area contributed by atoms with E-state index in [9.17, 15) is 9.18 Å². The van der Waals surface area contributed by atoms with Crippen LogP contribution in [0.15, 0.2) is 36.4 Å². The Bertz CT molecular complexity index is 713. The maximum absolute atomic E-state index is 13.2. The summed E-state index contributed by atoms with van der Waals surface area (Å²) in [5, 5.41) is 5.93. The smallest absolute Gasteiger partial charge is 0.239 e. The van der Waals surface area contributed by atoms with Crippen molar-refractivity contribution in [2.45, 2.75) is 33.7 Å². The van der Waals surface area contributed by atoms with E-state index >= 15 is 0 Å². The van der Waals surface area contributed by atoms with Crippen LogP contribution in [-0.2, 0) is 4.79 Å². The number of halogens is 1. The van der Waals surface area contributed by atoms with E-state index in [0.717, 1.165) is 11.1 Å². The van der Waals surface area contributed by atoms with Crippen molar-refractivity contribution in [3.05, 3.63) is 64.5 Å². The third-order valence-electron chi connectivity index (χ3n) is 4.05. The van der Waals surface area contributed by atoms with Crippen molar-refractivity contribution in [3.8, 4) is 0 Å². The number of hydrogen-bond donors (Lipinski definition) is 2. The van der Waals surface area contributed by atoms with Gasteiger partial charge < -0.3 is 10.6 Å². The van der Waals surface area contributed by atoms with Gasteiger partial charge in [0.15, 0.2) is 0 Å². The molecule has 0 aliphatic rings. The fourth-order valence-corrected chi connectivity index (χ4v) is 2.37. The molecule has 0 aromatic heterocycles. The second-order valence-electron chi connectivity index (χ2n) is 5.95. The predicted octanol–water partition coefficient (Wildman–Crippen LogP) is 4.04. The van der Waals surface area contributed by atoms with E-state index in [1.165, 1.54) is 23.3 Å². The average Bonchev–Trinajstić information content (AvgIpc) is 2.50. The van der Waals surface area contributed by atoms with Gasteiger partial charge in [-0.05, 0) is 62.1 Å². The largest absolute Gasteiger partial charge is 0.376 e. The van der Waals surface area contributed by atoms with E-state index in [2.05, 4.69) is 36.6 Å². The molecule has 2 aromatic carbocycles. The molecule has 0 aliphatic heterocycles. The third kappa shape index (κ3) is 4.55. The highest BCUT2D eigenvalue weighted by Gasteiger charge is 2.10. The fraction of sp³-hybridized carbons (Fsp3) is 0.316. The number of carbonyl (C=O) groups excluding carboxylic acids is 1. The van der Waals surface area contributed by atoms with Crippen LogP contribution in [-0.4, -0.2) is 12.5 Å². The summed E-state index contributed by atoms with van der Waals surface area (Å²) in [7, 11) is 0. The van der Waals surface area contributed by atoms with Crippen molar-refractivity contribution in [1.82, 2.24) is 5.32 Å². The molecule has 4 heteroatoms. The highest BCUT2D eigenvalue weighted by molar-refractivity contribution is 5.81. The van der Waals surface area contributed by atoms with Crippen LogP contribution < -0.4 is 10.6 Å². The van der Waals surface area contributed by atoms with Gasteiger partial charge in [0, 0.05) is 5.69 Å². The molecule has 1 atom stereocenters. The van der Waals surface area contributed by atoms with Crippen LogP contribution in [0.2, 0.25) is 0 Å². The summed E-state index contributed by atoms with van der Waals surface area (Å²) in [5.41, 5.74) is 5.05. The third-order valence-corrected chi connectivity index (χ3v) is 4.05. The van der Waals surface area contributed by atoms with Gasteiger partial charge in [-0.3, -0.25) is 4.79 Å². The monoisotopic (exact) mass is 314 g/mol. The Morgan fingerprint density at radius 2 is 1.74 bits per heavy atom. The molecule has 0 aliphatic carbocycles. The predicted molar refractivity (Wildman–Crippen MR) is 92.1 cm³/mol. The van der Waals surface area contributed by atoms with E-state index < -0.39 is 0 Å². The average molecular weight is 314 g/mol. The molecular formula is C19H23FN2O. The van der Waals surface area contributed by atoms with Gasteiger partial charge in [-0.1, -0.05) is 24.3 Å². The molecule has 2 aromatic rings. The molecule has 122 valence electrons. The fourth-order valence-electron chi connectivity index (χ4n) is 2.37. The second kappa shape index (κ2) is 7.27. The van der Waals surface area contributed by atoms with Gasteiger partial charge in [0.2, 0.25) is 5.91 Å². The number of nitrogens with one attached hydrogen (secondary N) is 2. The van der Waals surface area contributed by atoms with E-state index in [1.807, 2.05) is 19.9 Å². The number of aryl methyl sites for hydroxylation is 3. The first-order valence-electron chi connectivity index (χ1n) is 7.73. The Balaban J connectivity index is 1.93. The summed E-state index contributed by atoms with van der Waals surface area (Å²) in [5.74, 6) is -0.443. The number of hydrogen-bond acceptors (Lipinski definition) is 2. The molecule has 3 nitrogen and oxygen atoms in total. The van der Waals surface area contributed by atoms with Crippen molar-refractivity contribution in [3.63, 3.8) is 0 Å². The second-order valence-corrected chi connectivity index (χ2v) is 5.95. The van der Waals surface area contributed by atoms with E-state index in [1.54, 1.807) is 6.07 Å². The molecule has 0 saturated heterocycles. The van der Waals surface area contributed by atoms with Gasteiger partial charge in [0.25, 0.3) is 0 Å². The van der Waals surface area contributed by atoms with Crippen molar-refractivity contribution < 1.29 is 9.18 Å². The normalized spacial score (nSPS) is 11.9. The van der Waals surface area contributed by atoms with Crippen molar-refractivity contribution in [1.29, 1.82) is 0 Å². The molecule has 2 N–H and O–H groups in total. The molecule has 0 bridgehead atoms. The van der Waals surface area contributed by atoms with Gasteiger partial charge >= 0.3 is 0 Å². The summed E-state index contributed by atoms with van der Waals surface area (Å²) < 4.78 is 13.2. The van der Waals surface area contributed by atoms with Crippen molar-refractivity contribution >= 4 is 11.6 Å². The summed E-state index contributed by atoms with van der Waals surface area (Å²) in [6.07, 6.45) is 0. The summed E-state index contributed by atoms with van der Waals surface area (Å²) in [6.45, 7) is 8.06. The molecule has 1 amide bonds. The van der Waals surface area contributed by atoms with Gasteiger partial charge in [0.1, 0.15) is 5.82 Å². The molecule has 23 heavy (non-hydrogen) atoms. The lowest BCUT2D eigenvalue weighted by Gasteiger charge is -2.16. The molecule has 0 heterocycles. The molecule has 0 radical (unpaired) electrons. The van der Waals surface area contributed by atoms with E-state index in [-0.39, 0.29) is 24.3 Å². The molecule has 2 rings (SSSR count). The topological polar surface area (TPSA) is 41.1 Å². The lowest BCUT2D eigenvalue weighted by Crippen LogP contribution is -2.32. The standard InChI is InChI=1S/C19H23FN2O/c1-12-5-7-16(9-14(12)3)15(4)22-19(23)11-21-18-10-17(20)8-6-13(18)2/h5-10,15,21H,11H2,1-4H3,(H,22,23). The Morgan fingerprint density at radius 1 is 1.04 bits per heavy atom.